The number of fused-ring (bicyclic) bond motifs is 1. The normalized spacial score (nSPS) is 11.6. The molecule has 1 aromatic heterocycles. The molecule has 0 aliphatic heterocycles. The number of nitrogens with one attached hydrogen (secondary N) is 1. The van der Waals surface area contributed by atoms with Crippen molar-refractivity contribution in [2.45, 2.75) is 18.7 Å². The van der Waals surface area contributed by atoms with Gasteiger partial charge in [-0.05, 0) is 62.4 Å². The maximum absolute atomic E-state index is 14.0. The van der Waals surface area contributed by atoms with E-state index in [1.165, 1.54) is 12.1 Å². The van der Waals surface area contributed by atoms with E-state index in [2.05, 4.69) is 9.71 Å². The fraction of sp³-hybridized carbons (Fsp3) is 0.200. The molecule has 7 nitrogen and oxygen atoms in total. The number of rotatable bonds is 7. The van der Waals surface area contributed by atoms with E-state index in [4.69, 9.17) is 0 Å². The van der Waals surface area contributed by atoms with Crippen LogP contribution in [0.1, 0.15) is 24.2 Å². The van der Waals surface area contributed by atoms with Gasteiger partial charge in [0.2, 0.25) is 0 Å². The summed E-state index contributed by atoms with van der Waals surface area (Å²) in [6.07, 6.45) is 0. The number of hydrogen-bond acceptors (Lipinski definition) is 4. The first-order chi connectivity index (χ1) is 16.6. The standard InChI is InChI=1S/C25H24F2N4O3S/c1-4-31(5-2)25(32)17-8-6-16(7-9-17)24-28-21-15-19(11-13-22(21)30(24)3)29-35(33,34)23-14-18(26)10-12-20(23)27/h6-15,29H,4-5H2,1-3H3. The average Bonchev–Trinajstić information content (AvgIpc) is 3.16. The van der Waals surface area contributed by atoms with Gasteiger partial charge in [-0.1, -0.05) is 12.1 Å². The van der Waals surface area contributed by atoms with Crippen LogP contribution in [-0.2, 0) is 17.1 Å². The largest absolute Gasteiger partial charge is 0.339 e. The third-order valence-electron chi connectivity index (χ3n) is 5.76. The van der Waals surface area contributed by atoms with Gasteiger partial charge in [0.15, 0.2) is 0 Å². The Labute approximate surface area is 202 Å². The smallest absolute Gasteiger partial charge is 0.264 e. The first kappa shape index (κ1) is 24.3. The molecule has 0 spiro atoms. The summed E-state index contributed by atoms with van der Waals surface area (Å²) in [6, 6.07) is 14.1. The third-order valence-corrected chi connectivity index (χ3v) is 7.15. The van der Waals surface area contributed by atoms with Crippen molar-refractivity contribution >= 4 is 32.7 Å². The molecule has 0 saturated heterocycles. The Balaban J connectivity index is 1.64. The van der Waals surface area contributed by atoms with Gasteiger partial charge in [0.25, 0.3) is 15.9 Å². The van der Waals surface area contributed by atoms with Crippen molar-refractivity contribution in [3.8, 4) is 11.4 Å². The lowest BCUT2D eigenvalue weighted by Gasteiger charge is -2.18. The number of benzene rings is 3. The Kier molecular flexibility index (Phi) is 6.58. The lowest BCUT2D eigenvalue weighted by Crippen LogP contribution is -2.30. The Morgan fingerprint density at radius 1 is 1.00 bits per heavy atom. The van der Waals surface area contributed by atoms with E-state index in [9.17, 15) is 22.0 Å². The van der Waals surface area contributed by atoms with Gasteiger partial charge in [-0.15, -0.1) is 0 Å². The van der Waals surface area contributed by atoms with Crippen molar-refractivity contribution in [2.24, 2.45) is 7.05 Å². The summed E-state index contributed by atoms with van der Waals surface area (Å²) in [5.74, 6) is -1.33. The molecule has 10 heteroatoms. The third kappa shape index (κ3) is 4.74. The monoisotopic (exact) mass is 498 g/mol. The maximum atomic E-state index is 14.0. The van der Waals surface area contributed by atoms with E-state index in [1.807, 2.05) is 37.6 Å². The van der Waals surface area contributed by atoms with E-state index < -0.39 is 26.6 Å². The minimum Gasteiger partial charge on any atom is -0.339 e. The lowest BCUT2D eigenvalue weighted by molar-refractivity contribution is 0.0773. The van der Waals surface area contributed by atoms with Gasteiger partial charge in [-0.3, -0.25) is 9.52 Å². The zero-order valence-electron chi connectivity index (χ0n) is 19.4. The van der Waals surface area contributed by atoms with Crippen molar-refractivity contribution in [3.05, 3.63) is 77.9 Å². The number of halogens is 2. The number of aryl methyl sites for hydroxylation is 1. The summed E-state index contributed by atoms with van der Waals surface area (Å²) >= 11 is 0. The maximum Gasteiger partial charge on any atom is 0.264 e. The first-order valence-corrected chi connectivity index (χ1v) is 12.5. The number of hydrogen-bond donors (Lipinski definition) is 1. The van der Waals surface area contributed by atoms with Gasteiger partial charge in [0, 0.05) is 31.3 Å². The van der Waals surface area contributed by atoms with E-state index in [-0.39, 0.29) is 11.6 Å². The van der Waals surface area contributed by atoms with E-state index in [0.717, 1.165) is 23.2 Å². The first-order valence-electron chi connectivity index (χ1n) is 11.0. The molecule has 4 rings (SSSR count). The quantitative estimate of drug-likeness (QED) is 0.397. The highest BCUT2D eigenvalue weighted by Crippen LogP contribution is 2.27. The molecule has 4 aromatic rings. The van der Waals surface area contributed by atoms with Crippen molar-refractivity contribution < 1.29 is 22.0 Å². The van der Waals surface area contributed by atoms with Crippen LogP contribution < -0.4 is 4.72 Å². The van der Waals surface area contributed by atoms with Crippen LogP contribution in [0, 0.1) is 11.6 Å². The molecule has 1 heterocycles. The molecule has 182 valence electrons. The average molecular weight is 499 g/mol. The van der Waals surface area contributed by atoms with E-state index >= 15 is 0 Å². The van der Waals surface area contributed by atoms with Crippen LogP contribution in [0.3, 0.4) is 0 Å². The van der Waals surface area contributed by atoms with Gasteiger partial charge in [0.05, 0.1) is 16.7 Å². The second-order valence-corrected chi connectivity index (χ2v) is 9.58. The fourth-order valence-corrected chi connectivity index (χ4v) is 5.01. The van der Waals surface area contributed by atoms with Gasteiger partial charge in [0.1, 0.15) is 22.4 Å². The SMILES string of the molecule is CCN(CC)C(=O)c1ccc(-c2nc3cc(NS(=O)(=O)c4cc(F)ccc4F)ccc3n2C)cc1. The Morgan fingerprint density at radius 3 is 2.34 bits per heavy atom. The van der Waals surface area contributed by atoms with Crippen molar-refractivity contribution in [3.63, 3.8) is 0 Å². The molecule has 0 aliphatic rings. The molecule has 0 aliphatic carbocycles. The fourth-order valence-electron chi connectivity index (χ4n) is 3.87. The number of sulfonamides is 1. The van der Waals surface area contributed by atoms with Gasteiger partial charge in [-0.25, -0.2) is 22.2 Å². The molecule has 0 fully saturated rings. The second-order valence-electron chi connectivity index (χ2n) is 7.93. The Morgan fingerprint density at radius 2 is 1.69 bits per heavy atom. The number of anilines is 1. The molecule has 0 bridgehead atoms. The minimum absolute atomic E-state index is 0.0433. The molecule has 0 saturated carbocycles. The highest BCUT2D eigenvalue weighted by Gasteiger charge is 2.21. The summed E-state index contributed by atoms with van der Waals surface area (Å²) in [5.41, 5.74) is 2.76. The van der Waals surface area contributed by atoms with Crippen molar-refractivity contribution in [1.29, 1.82) is 0 Å². The number of nitrogens with zero attached hydrogens (tertiary/aromatic N) is 3. The molecule has 0 unspecified atom stereocenters. The van der Waals surface area contributed by atoms with Crippen molar-refractivity contribution in [2.75, 3.05) is 17.8 Å². The predicted octanol–water partition coefficient (Wildman–Crippen LogP) is 4.80. The Bertz CT molecular complexity index is 1510. The summed E-state index contributed by atoms with van der Waals surface area (Å²) in [7, 11) is -2.53. The van der Waals surface area contributed by atoms with E-state index in [1.54, 1.807) is 23.1 Å². The van der Waals surface area contributed by atoms with Gasteiger partial charge < -0.3 is 9.47 Å². The molecular weight excluding hydrogens is 474 g/mol. The molecular formula is C25H24F2N4O3S. The summed E-state index contributed by atoms with van der Waals surface area (Å²) < 4.78 is 56.8. The number of amides is 1. The predicted molar refractivity (Wildman–Crippen MR) is 131 cm³/mol. The summed E-state index contributed by atoms with van der Waals surface area (Å²) in [6.45, 7) is 5.11. The van der Waals surface area contributed by atoms with Crippen LogP contribution in [0.25, 0.3) is 22.4 Å². The highest BCUT2D eigenvalue weighted by atomic mass is 32.2. The molecule has 3 aromatic carbocycles. The zero-order chi connectivity index (χ0) is 25.3. The molecule has 35 heavy (non-hydrogen) atoms. The van der Waals surface area contributed by atoms with Crippen LogP contribution in [0.4, 0.5) is 14.5 Å². The van der Waals surface area contributed by atoms with E-state index in [0.29, 0.717) is 36.1 Å². The van der Waals surface area contributed by atoms with Crippen LogP contribution in [0.5, 0.6) is 0 Å². The van der Waals surface area contributed by atoms with Gasteiger partial charge >= 0.3 is 0 Å². The Hall–Kier alpha value is -3.79. The lowest BCUT2D eigenvalue weighted by atomic mass is 10.1. The molecule has 1 N–H and O–H groups in total. The molecule has 0 radical (unpaired) electrons. The second kappa shape index (κ2) is 9.46. The number of aromatic nitrogens is 2. The topological polar surface area (TPSA) is 84.3 Å². The zero-order valence-corrected chi connectivity index (χ0v) is 20.2. The molecule has 1 amide bonds. The van der Waals surface area contributed by atoms with Gasteiger partial charge in [-0.2, -0.15) is 0 Å². The molecule has 0 atom stereocenters. The van der Waals surface area contributed by atoms with Crippen LogP contribution in [-0.4, -0.2) is 41.9 Å². The number of carbonyl (C=O) groups excluding carboxylic acids is 1. The summed E-state index contributed by atoms with van der Waals surface area (Å²) in [4.78, 5) is 18.1. The summed E-state index contributed by atoms with van der Waals surface area (Å²) in [5, 5.41) is 0. The minimum atomic E-state index is -4.35. The highest BCUT2D eigenvalue weighted by molar-refractivity contribution is 7.92. The van der Waals surface area contributed by atoms with Crippen LogP contribution >= 0.6 is 0 Å². The van der Waals surface area contributed by atoms with Crippen LogP contribution in [0.15, 0.2) is 65.6 Å². The number of carbonyl (C=O) groups is 1. The van der Waals surface area contributed by atoms with Crippen LogP contribution in [0.2, 0.25) is 0 Å². The number of imidazole rings is 1. The van der Waals surface area contributed by atoms with Crippen molar-refractivity contribution in [1.82, 2.24) is 14.5 Å².